The van der Waals surface area contributed by atoms with Gasteiger partial charge in [-0.2, -0.15) is 5.10 Å². The first-order valence-electron chi connectivity index (χ1n) is 7.08. The van der Waals surface area contributed by atoms with Gasteiger partial charge in [0.25, 0.3) is 0 Å². The van der Waals surface area contributed by atoms with E-state index < -0.39 is 0 Å². The summed E-state index contributed by atoms with van der Waals surface area (Å²) >= 11 is 3.67. The first kappa shape index (κ1) is 14.1. The average molecular weight is 314 g/mol. The van der Waals surface area contributed by atoms with E-state index in [2.05, 4.69) is 51.8 Å². The largest absolute Gasteiger partial charge is 0.316 e. The summed E-state index contributed by atoms with van der Waals surface area (Å²) in [5.74, 6) is 1.45. The van der Waals surface area contributed by atoms with Crippen LogP contribution in [0.4, 0.5) is 0 Å². The van der Waals surface area contributed by atoms with Gasteiger partial charge in [-0.05, 0) is 68.0 Å². The monoisotopic (exact) mass is 313 g/mol. The SMILES string of the molecule is CCCNCC1CCC1c1c(Br)cnn1C(C)C. The van der Waals surface area contributed by atoms with E-state index in [0.29, 0.717) is 12.0 Å². The summed E-state index contributed by atoms with van der Waals surface area (Å²) in [6.45, 7) is 8.90. The highest BCUT2D eigenvalue weighted by atomic mass is 79.9. The molecule has 4 heteroatoms. The summed E-state index contributed by atoms with van der Waals surface area (Å²) < 4.78 is 3.36. The van der Waals surface area contributed by atoms with Gasteiger partial charge in [-0.15, -0.1) is 0 Å². The number of hydrogen-bond donors (Lipinski definition) is 1. The van der Waals surface area contributed by atoms with Crippen LogP contribution in [-0.4, -0.2) is 22.9 Å². The molecule has 0 aliphatic heterocycles. The molecule has 1 aliphatic carbocycles. The highest BCUT2D eigenvalue weighted by Crippen LogP contribution is 2.45. The molecule has 2 rings (SSSR count). The zero-order chi connectivity index (χ0) is 13.1. The molecule has 1 aliphatic rings. The molecular weight excluding hydrogens is 290 g/mol. The Balaban J connectivity index is 2.05. The highest BCUT2D eigenvalue weighted by Gasteiger charge is 2.35. The lowest BCUT2D eigenvalue weighted by molar-refractivity contribution is 0.230. The number of aromatic nitrogens is 2. The second-order valence-corrected chi connectivity index (χ2v) is 6.42. The van der Waals surface area contributed by atoms with Crippen LogP contribution in [0.2, 0.25) is 0 Å². The van der Waals surface area contributed by atoms with Crippen LogP contribution in [0.25, 0.3) is 0 Å². The molecule has 102 valence electrons. The summed E-state index contributed by atoms with van der Waals surface area (Å²) in [5, 5.41) is 8.05. The molecule has 1 saturated carbocycles. The molecule has 2 unspecified atom stereocenters. The minimum Gasteiger partial charge on any atom is -0.316 e. The maximum Gasteiger partial charge on any atom is 0.0635 e. The predicted octanol–water partition coefficient (Wildman–Crippen LogP) is 3.72. The van der Waals surface area contributed by atoms with Gasteiger partial charge in [0.15, 0.2) is 0 Å². The fraction of sp³-hybridized carbons (Fsp3) is 0.786. The van der Waals surface area contributed by atoms with E-state index in [1.807, 2.05) is 6.20 Å². The third-order valence-electron chi connectivity index (χ3n) is 3.88. The van der Waals surface area contributed by atoms with Crippen molar-refractivity contribution in [2.45, 2.75) is 52.0 Å². The van der Waals surface area contributed by atoms with Crippen molar-refractivity contribution in [2.75, 3.05) is 13.1 Å². The molecule has 1 heterocycles. The topological polar surface area (TPSA) is 29.9 Å². The lowest BCUT2D eigenvalue weighted by Gasteiger charge is -2.38. The Morgan fingerprint density at radius 2 is 2.28 bits per heavy atom. The predicted molar refractivity (Wildman–Crippen MR) is 78.9 cm³/mol. The van der Waals surface area contributed by atoms with Crippen LogP contribution >= 0.6 is 15.9 Å². The summed E-state index contributed by atoms with van der Waals surface area (Å²) in [6.07, 6.45) is 5.81. The Morgan fingerprint density at radius 3 is 2.83 bits per heavy atom. The Kier molecular flexibility index (Phi) is 4.84. The number of nitrogens with one attached hydrogen (secondary N) is 1. The summed E-state index contributed by atoms with van der Waals surface area (Å²) in [5.41, 5.74) is 1.40. The van der Waals surface area contributed by atoms with Crippen molar-refractivity contribution in [3.05, 3.63) is 16.4 Å². The van der Waals surface area contributed by atoms with Gasteiger partial charge < -0.3 is 5.32 Å². The molecular formula is C14H24BrN3. The molecule has 0 bridgehead atoms. The van der Waals surface area contributed by atoms with Crippen molar-refractivity contribution in [1.29, 1.82) is 0 Å². The molecule has 3 nitrogen and oxygen atoms in total. The maximum atomic E-state index is 4.50. The number of hydrogen-bond acceptors (Lipinski definition) is 2. The lowest BCUT2D eigenvalue weighted by Crippen LogP contribution is -2.35. The van der Waals surface area contributed by atoms with Gasteiger partial charge in [0.1, 0.15) is 0 Å². The molecule has 1 fully saturated rings. The third kappa shape index (κ3) is 2.80. The van der Waals surface area contributed by atoms with Crippen molar-refractivity contribution in [1.82, 2.24) is 15.1 Å². The Labute approximate surface area is 118 Å². The van der Waals surface area contributed by atoms with E-state index in [1.54, 1.807) is 0 Å². The van der Waals surface area contributed by atoms with Crippen LogP contribution in [-0.2, 0) is 0 Å². The van der Waals surface area contributed by atoms with Gasteiger partial charge >= 0.3 is 0 Å². The smallest absolute Gasteiger partial charge is 0.0635 e. The molecule has 0 aromatic carbocycles. The minimum absolute atomic E-state index is 0.441. The zero-order valence-electron chi connectivity index (χ0n) is 11.6. The molecule has 0 saturated heterocycles. The maximum absolute atomic E-state index is 4.50. The normalized spacial score (nSPS) is 23.4. The van der Waals surface area contributed by atoms with E-state index in [-0.39, 0.29) is 0 Å². The van der Waals surface area contributed by atoms with Crippen LogP contribution in [0.5, 0.6) is 0 Å². The molecule has 1 aromatic rings. The second kappa shape index (κ2) is 6.20. The van der Waals surface area contributed by atoms with Crippen LogP contribution in [0.1, 0.15) is 57.7 Å². The highest BCUT2D eigenvalue weighted by molar-refractivity contribution is 9.10. The zero-order valence-corrected chi connectivity index (χ0v) is 13.2. The Hall–Kier alpha value is -0.350. The van der Waals surface area contributed by atoms with Crippen molar-refractivity contribution in [3.63, 3.8) is 0 Å². The van der Waals surface area contributed by atoms with E-state index in [1.165, 1.54) is 29.4 Å². The molecule has 18 heavy (non-hydrogen) atoms. The lowest BCUT2D eigenvalue weighted by atomic mass is 9.71. The van der Waals surface area contributed by atoms with Crippen molar-refractivity contribution < 1.29 is 0 Å². The van der Waals surface area contributed by atoms with E-state index in [0.717, 1.165) is 19.0 Å². The molecule has 0 spiro atoms. The first-order valence-corrected chi connectivity index (χ1v) is 7.88. The Morgan fingerprint density at radius 1 is 1.50 bits per heavy atom. The van der Waals surface area contributed by atoms with Crippen LogP contribution < -0.4 is 5.32 Å². The van der Waals surface area contributed by atoms with Gasteiger partial charge in [0.05, 0.1) is 16.4 Å². The fourth-order valence-electron chi connectivity index (χ4n) is 2.75. The van der Waals surface area contributed by atoms with Gasteiger partial charge in [-0.25, -0.2) is 0 Å². The van der Waals surface area contributed by atoms with E-state index >= 15 is 0 Å². The number of halogens is 1. The molecule has 1 N–H and O–H groups in total. The van der Waals surface area contributed by atoms with E-state index in [9.17, 15) is 0 Å². The van der Waals surface area contributed by atoms with Gasteiger partial charge in [-0.1, -0.05) is 6.92 Å². The quantitative estimate of drug-likeness (QED) is 0.811. The van der Waals surface area contributed by atoms with Gasteiger partial charge in [0.2, 0.25) is 0 Å². The van der Waals surface area contributed by atoms with Crippen LogP contribution in [0.15, 0.2) is 10.7 Å². The number of rotatable bonds is 6. The van der Waals surface area contributed by atoms with E-state index in [4.69, 9.17) is 0 Å². The fourth-order valence-corrected chi connectivity index (χ4v) is 3.31. The van der Waals surface area contributed by atoms with Crippen LogP contribution in [0, 0.1) is 5.92 Å². The summed E-state index contributed by atoms with van der Waals surface area (Å²) in [7, 11) is 0. The Bertz CT molecular complexity index is 386. The van der Waals surface area contributed by atoms with Crippen LogP contribution in [0.3, 0.4) is 0 Å². The third-order valence-corrected chi connectivity index (χ3v) is 4.49. The standard InChI is InChI=1S/C14H24BrN3/c1-4-7-16-8-11-5-6-12(11)14-13(15)9-17-18(14)10(2)3/h9-12,16H,4-8H2,1-3H3. The minimum atomic E-state index is 0.441. The van der Waals surface area contributed by atoms with Crippen molar-refractivity contribution >= 4 is 15.9 Å². The van der Waals surface area contributed by atoms with Gasteiger partial charge in [0, 0.05) is 12.0 Å². The molecule has 2 atom stereocenters. The average Bonchev–Trinajstić information content (AvgIpc) is 2.66. The molecule has 1 aromatic heterocycles. The second-order valence-electron chi connectivity index (χ2n) is 5.56. The first-order chi connectivity index (χ1) is 8.65. The van der Waals surface area contributed by atoms with Crippen molar-refractivity contribution in [2.24, 2.45) is 5.92 Å². The summed E-state index contributed by atoms with van der Waals surface area (Å²) in [4.78, 5) is 0. The summed E-state index contributed by atoms with van der Waals surface area (Å²) in [6, 6.07) is 0.441. The van der Waals surface area contributed by atoms with Crippen molar-refractivity contribution in [3.8, 4) is 0 Å². The van der Waals surface area contributed by atoms with Gasteiger partial charge in [-0.3, -0.25) is 4.68 Å². The number of nitrogens with zero attached hydrogens (tertiary/aromatic N) is 2. The molecule has 0 amide bonds. The molecule has 0 radical (unpaired) electrons.